The molecule has 0 aliphatic heterocycles. The summed E-state index contributed by atoms with van der Waals surface area (Å²) in [7, 11) is 1.35. The molecule has 5 heteroatoms. The molecule has 5 nitrogen and oxygen atoms in total. The van der Waals surface area contributed by atoms with Crippen molar-refractivity contribution in [1.29, 1.82) is 0 Å². The zero-order valence-corrected chi connectivity index (χ0v) is 12.4. The van der Waals surface area contributed by atoms with Crippen LogP contribution in [-0.4, -0.2) is 19.7 Å². The Morgan fingerprint density at radius 2 is 2.10 bits per heavy atom. The Hall–Kier alpha value is -2.43. The first-order valence-electron chi connectivity index (χ1n) is 6.79. The maximum atomic E-state index is 11.5. The monoisotopic (exact) mass is 289 g/mol. The molecule has 0 radical (unpaired) electrons. The van der Waals surface area contributed by atoms with Gasteiger partial charge in [0.1, 0.15) is 22.8 Å². The Bertz CT molecular complexity index is 618. The van der Waals surface area contributed by atoms with Gasteiger partial charge < -0.3 is 19.2 Å². The quantitative estimate of drug-likeness (QED) is 0.826. The second kappa shape index (κ2) is 6.83. The average molecular weight is 289 g/mol. The summed E-state index contributed by atoms with van der Waals surface area (Å²) in [6.45, 7) is 4.74. The van der Waals surface area contributed by atoms with Crippen LogP contribution in [0.4, 0.5) is 5.69 Å². The van der Waals surface area contributed by atoms with Crippen molar-refractivity contribution < 1.29 is 18.7 Å². The lowest BCUT2D eigenvalue weighted by atomic mass is 10.2. The molecule has 2 rings (SSSR count). The number of para-hydroxylation sites is 2. The molecule has 112 valence electrons. The van der Waals surface area contributed by atoms with Crippen molar-refractivity contribution in [2.24, 2.45) is 0 Å². The largest absolute Gasteiger partial charge is 0.492 e. The molecular weight excluding hydrogens is 270 g/mol. The molecule has 0 saturated carbocycles. The first-order valence-corrected chi connectivity index (χ1v) is 6.79. The molecule has 1 N–H and O–H groups in total. The van der Waals surface area contributed by atoms with E-state index < -0.39 is 5.97 Å². The molecule has 0 aliphatic carbocycles. The minimum atomic E-state index is -0.391. The summed E-state index contributed by atoms with van der Waals surface area (Å²) >= 11 is 0. The van der Waals surface area contributed by atoms with E-state index in [1.807, 2.05) is 31.2 Å². The Morgan fingerprint density at radius 3 is 2.81 bits per heavy atom. The van der Waals surface area contributed by atoms with Crippen LogP contribution in [0.1, 0.15) is 28.8 Å². The van der Waals surface area contributed by atoms with E-state index in [1.165, 1.54) is 7.11 Å². The van der Waals surface area contributed by atoms with Gasteiger partial charge in [0.2, 0.25) is 0 Å². The van der Waals surface area contributed by atoms with Gasteiger partial charge in [-0.25, -0.2) is 4.79 Å². The molecule has 0 saturated heterocycles. The van der Waals surface area contributed by atoms with Crippen LogP contribution in [0.15, 0.2) is 34.7 Å². The van der Waals surface area contributed by atoms with Crippen LogP contribution in [-0.2, 0) is 11.3 Å². The molecule has 0 aliphatic rings. The van der Waals surface area contributed by atoms with Gasteiger partial charge in [-0.15, -0.1) is 0 Å². The third kappa shape index (κ3) is 3.56. The summed E-state index contributed by atoms with van der Waals surface area (Å²) in [6.07, 6.45) is 0. The maximum absolute atomic E-state index is 11.5. The summed E-state index contributed by atoms with van der Waals surface area (Å²) in [5.41, 5.74) is 1.33. The lowest BCUT2D eigenvalue weighted by Crippen LogP contribution is -2.02. The van der Waals surface area contributed by atoms with E-state index in [2.05, 4.69) is 5.32 Å². The SMILES string of the molecule is CCOc1ccccc1NCc1cc(C(=O)OC)c(C)o1. The summed E-state index contributed by atoms with van der Waals surface area (Å²) < 4.78 is 15.8. The van der Waals surface area contributed by atoms with E-state index in [0.717, 1.165) is 11.4 Å². The van der Waals surface area contributed by atoms with E-state index in [9.17, 15) is 4.79 Å². The second-order valence-corrected chi connectivity index (χ2v) is 4.46. The highest BCUT2D eigenvalue weighted by Gasteiger charge is 2.15. The Morgan fingerprint density at radius 1 is 1.33 bits per heavy atom. The number of anilines is 1. The molecule has 1 heterocycles. The van der Waals surface area contributed by atoms with E-state index in [0.29, 0.717) is 30.2 Å². The lowest BCUT2D eigenvalue weighted by molar-refractivity contribution is 0.0599. The number of carbonyl (C=O) groups is 1. The normalized spacial score (nSPS) is 10.2. The molecule has 21 heavy (non-hydrogen) atoms. The van der Waals surface area contributed by atoms with Crippen molar-refractivity contribution in [1.82, 2.24) is 0 Å². The van der Waals surface area contributed by atoms with Crippen molar-refractivity contribution in [2.45, 2.75) is 20.4 Å². The van der Waals surface area contributed by atoms with Gasteiger partial charge in [0.25, 0.3) is 0 Å². The van der Waals surface area contributed by atoms with Crippen LogP contribution >= 0.6 is 0 Å². The van der Waals surface area contributed by atoms with Gasteiger partial charge in [-0.1, -0.05) is 12.1 Å². The van der Waals surface area contributed by atoms with Crippen molar-refractivity contribution in [3.05, 3.63) is 47.4 Å². The summed E-state index contributed by atoms with van der Waals surface area (Å²) in [5, 5.41) is 3.24. The van der Waals surface area contributed by atoms with Gasteiger partial charge in [0, 0.05) is 0 Å². The third-order valence-electron chi connectivity index (χ3n) is 3.01. The number of esters is 1. The number of methoxy groups -OCH3 is 1. The van der Waals surface area contributed by atoms with Gasteiger partial charge in [-0.3, -0.25) is 0 Å². The van der Waals surface area contributed by atoms with Crippen LogP contribution in [0, 0.1) is 6.92 Å². The van der Waals surface area contributed by atoms with Gasteiger partial charge in [0.15, 0.2) is 0 Å². The predicted molar refractivity (Wildman–Crippen MR) is 79.7 cm³/mol. The maximum Gasteiger partial charge on any atom is 0.341 e. The molecule has 1 aromatic heterocycles. The molecule has 0 fully saturated rings. The number of rotatable bonds is 6. The molecule has 0 bridgehead atoms. The minimum Gasteiger partial charge on any atom is -0.492 e. The smallest absolute Gasteiger partial charge is 0.341 e. The predicted octanol–water partition coefficient (Wildman–Crippen LogP) is 3.39. The van der Waals surface area contributed by atoms with Gasteiger partial charge in [0.05, 0.1) is 25.9 Å². The zero-order chi connectivity index (χ0) is 15.2. The summed E-state index contributed by atoms with van der Waals surface area (Å²) in [4.78, 5) is 11.5. The van der Waals surface area contributed by atoms with E-state index >= 15 is 0 Å². The van der Waals surface area contributed by atoms with E-state index in [4.69, 9.17) is 13.9 Å². The van der Waals surface area contributed by atoms with Crippen molar-refractivity contribution in [3.8, 4) is 5.75 Å². The lowest BCUT2D eigenvalue weighted by Gasteiger charge is -2.10. The standard InChI is InChI=1S/C16H19NO4/c1-4-20-15-8-6-5-7-14(15)17-10-12-9-13(11(2)21-12)16(18)19-3/h5-9,17H,4,10H2,1-3H3. The Balaban J connectivity index is 2.08. The fourth-order valence-corrected chi connectivity index (χ4v) is 2.02. The van der Waals surface area contributed by atoms with Gasteiger partial charge >= 0.3 is 5.97 Å². The van der Waals surface area contributed by atoms with Crippen LogP contribution in [0.2, 0.25) is 0 Å². The third-order valence-corrected chi connectivity index (χ3v) is 3.01. The molecule has 0 atom stereocenters. The molecular formula is C16H19NO4. The zero-order valence-electron chi connectivity index (χ0n) is 12.4. The number of nitrogens with one attached hydrogen (secondary N) is 1. The topological polar surface area (TPSA) is 60.7 Å². The number of hydrogen-bond acceptors (Lipinski definition) is 5. The number of carbonyl (C=O) groups excluding carboxylic acids is 1. The molecule has 0 amide bonds. The fourth-order valence-electron chi connectivity index (χ4n) is 2.02. The average Bonchev–Trinajstić information content (AvgIpc) is 2.87. The first kappa shape index (κ1) is 15.0. The van der Waals surface area contributed by atoms with Gasteiger partial charge in [-0.2, -0.15) is 0 Å². The number of hydrogen-bond donors (Lipinski definition) is 1. The minimum absolute atomic E-state index is 0.391. The highest BCUT2D eigenvalue weighted by Crippen LogP contribution is 2.25. The molecule has 2 aromatic rings. The number of benzene rings is 1. The van der Waals surface area contributed by atoms with Crippen LogP contribution < -0.4 is 10.1 Å². The Labute approximate surface area is 123 Å². The molecule has 0 unspecified atom stereocenters. The van der Waals surface area contributed by atoms with Crippen LogP contribution in [0.25, 0.3) is 0 Å². The highest BCUT2D eigenvalue weighted by atomic mass is 16.5. The van der Waals surface area contributed by atoms with Gasteiger partial charge in [-0.05, 0) is 32.0 Å². The van der Waals surface area contributed by atoms with E-state index in [1.54, 1.807) is 13.0 Å². The summed E-state index contributed by atoms with van der Waals surface area (Å²) in [6, 6.07) is 9.37. The van der Waals surface area contributed by atoms with Crippen molar-refractivity contribution in [3.63, 3.8) is 0 Å². The van der Waals surface area contributed by atoms with Crippen LogP contribution in [0.5, 0.6) is 5.75 Å². The van der Waals surface area contributed by atoms with Crippen molar-refractivity contribution >= 4 is 11.7 Å². The second-order valence-electron chi connectivity index (χ2n) is 4.46. The van der Waals surface area contributed by atoms with E-state index in [-0.39, 0.29) is 0 Å². The number of aryl methyl sites for hydroxylation is 1. The van der Waals surface area contributed by atoms with Crippen molar-refractivity contribution in [2.75, 3.05) is 19.0 Å². The number of furan rings is 1. The van der Waals surface area contributed by atoms with Crippen LogP contribution in [0.3, 0.4) is 0 Å². The molecule has 1 aromatic carbocycles. The summed E-state index contributed by atoms with van der Waals surface area (Å²) in [5.74, 6) is 1.62. The first-order chi connectivity index (χ1) is 10.2. The molecule has 0 spiro atoms. The fraction of sp³-hybridized carbons (Fsp3) is 0.312. The Kier molecular flexibility index (Phi) is 4.87. The highest BCUT2D eigenvalue weighted by molar-refractivity contribution is 5.90. The number of ether oxygens (including phenoxy) is 2.